The first-order chi connectivity index (χ1) is 7.27. The lowest BCUT2D eigenvalue weighted by molar-refractivity contribution is 0.322. The highest BCUT2D eigenvalue weighted by Gasteiger charge is 2.21. The number of halogens is 2. The van der Waals surface area contributed by atoms with Crippen LogP contribution in [0.2, 0.25) is 5.15 Å². The highest BCUT2D eigenvalue weighted by atomic mass is 35.5. The van der Waals surface area contributed by atoms with E-state index in [0.29, 0.717) is 11.1 Å². The van der Waals surface area contributed by atoms with Crippen molar-refractivity contribution in [3.8, 4) is 0 Å². The molecule has 1 fully saturated rings. The zero-order chi connectivity index (χ0) is 10.7. The molecule has 1 aromatic heterocycles. The molecule has 1 aliphatic rings. The maximum atomic E-state index is 6.21. The topological polar surface area (TPSA) is 50.9 Å². The van der Waals surface area contributed by atoms with Crippen LogP contribution in [0.15, 0.2) is 18.3 Å². The molecule has 2 rings (SSSR count). The van der Waals surface area contributed by atoms with Crippen LogP contribution in [-0.2, 0) is 0 Å². The molecule has 1 aromatic rings. The summed E-state index contributed by atoms with van der Waals surface area (Å²) in [6.07, 6.45) is 4.07. The molecule has 90 valence electrons. The average Bonchev–Trinajstić information content (AvgIpc) is 2.30. The Balaban J connectivity index is 0.00000128. The maximum absolute atomic E-state index is 6.21. The van der Waals surface area contributed by atoms with Gasteiger partial charge in [-0.15, -0.1) is 12.4 Å². The van der Waals surface area contributed by atoms with E-state index in [1.165, 1.54) is 0 Å². The van der Waals surface area contributed by atoms with Crippen LogP contribution in [0.4, 0.5) is 0 Å². The van der Waals surface area contributed by atoms with Crippen molar-refractivity contribution in [1.82, 2.24) is 10.3 Å². The molecular weight excluding hydrogens is 245 g/mol. The number of nitrogens with zero attached hydrogens (tertiary/aromatic N) is 1. The summed E-state index contributed by atoms with van der Waals surface area (Å²) in [4.78, 5) is 4.06. The molecule has 1 atom stereocenters. The number of rotatable bonds is 2. The van der Waals surface area contributed by atoms with Gasteiger partial charge in [0.1, 0.15) is 5.15 Å². The van der Waals surface area contributed by atoms with E-state index < -0.39 is 0 Å². The first kappa shape index (κ1) is 13.7. The van der Waals surface area contributed by atoms with E-state index in [4.69, 9.17) is 17.3 Å². The van der Waals surface area contributed by atoms with Crippen molar-refractivity contribution in [2.75, 3.05) is 13.1 Å². The SMILES string of the molecule is Cl.N[C@@H](c1ccc(Cl)nc1)C1CCNCC1. The molecule has 2 heterocycles. The van der Waals surface area contributed by atoms with Crippen molar-refractivity contribution in [2.24, 2.45) is 11.7 Å². The number of nitrogens with two attached hydrogens (primary N) is 1. The van der Waals surface area contributed by atoms with Crippen LogP contribution in [0.5, 0.6) is 0 Å². The van der Waals surface area contributed by atoms with Gasteiger partial charge in [0.05, 0.1) is 0 Å². The Morgan fingerprint density at radius 3 is 2.62 bits per heavy atom. The van der Waals surface area contributed by atoms with Gasteiger partial charge in [0.15, 0.2) is 0 Å². The van der Waals surface area contributed by atoms with E-state index in [2.05, 4.69) is 10.3 Å². The van der Waals surface area contributed by atoms with Crippen molar-refractivity contribution in [3.05, 3.63) is 29.0 Å². The lowest BCUT2D eigenvalue weighted by atomic mass is 9.87. The first-order valence-corrected chi connectivity index (χ1v) is 5.73. The molecule has 0 spiro atoms. The number of piperidine rings is 1. The number of hydrogen-bond acceptors (Lipinski definition) is 3. The van der Waals surface area contributed by atoms with Crippen LogP contribution >= 0.6 is 24.0 Å². The van der Waals surface area contributed by atoms with Gasteiger partial charge in [-0.2, -0.15) is 0 Å². The number of nitrogens with one attached hydrogen (secondary N) is 1. The molecule has 3 N–H and O–H groups in total. The largest absolute Gasteiger partial charge is 0.324 e. The van der Waals surface area contributed by atoms with Crippen molar-refractivity contribution in [2.45, 2.75) is 18.9 Å². The van der Waals surface area contributed by atoms with E-state index in [1.54, 1.807) is 12.3 Å². The molecule has 16 heavy (non-hydrogen) atoms. The first-order valence-electron chi connectivity index (χ1n) is 5.35. The van der Waals surface area contributed by atoms with E-state index >= 15 is 0 Å². The molecule has 0 bridgehead atoms. The zero-order valence-corrected chi connectivity index (χ0v) is 10.6. The number of aromatic nitrogens is 1. The van der Waals surface area contributed by atoms with E-state index in [1.807, 2.05) is 6.07 Å². The molecule has 3 nitrogen and oxygen atoms in total. The minimum Gasteiger partial charge on any atom is -0.324 e. The second kappa shape index (κ2) is 6.40. The molecular formula is C11H17Cl2N3. The molecule has 0 aromatic carbocycles. The summed E-state index contributed by atoms with van der Waals surface area (Å²) in [5, 5.41) is 3.86. The van der Waals surface area contributed by atoms with Crippen LogP contribution in [0.1, 0.15) is 24.4 Å². The lowest BCUT2D eigenvalue weighted by Crippen LogP contribution is -2.33. The third kappa shape index (κ3) is 3.32. The molecule has 1 saturated heterocycles. The summed E-state index contributed by atoms with van der Waals surface area (Å²) in [5.41, 5.74) is 7.30. The Hall–Kier alpha value is -0.350. The second-order valence-corrected chi connectivity index (χ2v) is 4.41. The molecule has 0 saturated carbocycles. The van der Waals surface area contributed by atoms with Crippen molar-refractivity contribution in [1.29, 1.82) is 0 Å². The summed E-state index contributed by atoms with van der Waals surface area (Å²) in [5.74, 6) is 0.564. The fraction of sp³-hybridized carbons (Fsp3) is 0.545. The molecule has 1 aliphatic heterocycles. The Labute approximate surface area is 107 Å². The van der Waals surface area contributed by atoms with Crippen molar-refractivity contribution < 1.29 is 0 Å². The summed E-state index contributed by atoms with van der Waals surface area (Å²) in [6.45, 7) is 2.14. The average molecular weight is 262 g/mol. The Morgan fingerprint density at radius 2 is 2.06 bits per heavy atom. The minimum atomic E-state index is 0. The monoisotopic (exact) mass is 261 g/mol. The van der Waals surface area contributed by atoms with Crippen LogP contribution in [0, 0.1) is 5.92 Å². The van der Waals surface area contributed by atoms with Crippen LogP contribution < -0.4 is 11.1 Å². The van der Waals surface area contributed by atoms with Gasteiger partial charge in [0.2, 0.25) is 0 Å². The van der Waals surface area contributed by atoms with Crippen LogP contribution in [-0.4, -0.2) is 18.1 Å². The van der Waals surface area contributed by atoms with Gasteiger partial charge in [0.25, 0.3) is 0 Å². The van der Waals surface area contributed by atoms with Gasteiger partial charge in [-0.25, -0.2) is 4.98 Å². The highest BCUT2D eigenvalue weighted by molar-refractivity contribution is 6.29. The second-order valence-electron chi connectivity index (χ2n) is 4.03. The Bertz CT molecular complexity index is 310. The smallest absolute Gasteiger partial charge is 0.129 e. The minimum absolute atomic E-state index is 0. The molecule has 0 radical (unpaired) electrons. The normalized spacial score (nSPS) is 18.9. The summed E-state index contributed by atoms with van der Waals surface area (Å²) >= 11 is 5.74. The summed E-state index contributed by atoms with van der Waals surface area (Å²) in [7, 11) is 0. The molecule has 0 aliphatic carbocycles. The fourth-order valence-corrected chi connectivity index (χ4v) is 2.17. The standard InChI is InChI=1S/C11H16ClN3.ClH/c12-10-2-1-9(7-15-10)11(13)8-3-5-14-6-4-8;/h1-2,7-8,11,14H,3-6,13H2;1H/t11-;/m1./s1. The van der Waals surface area contributed by atoms with E-state index in [0.717, 1.165) is 31.5 Å². The summed E-state index contributed by atoms with van der Waals surface area (Å²) in [6, 6.07) is 3.87. The Kier molecular flexibility index (Phi) is 5.49. The van der Waals surface area contributed by atoms with Gasteiger partial charge < -0.3 is 11.1 Å². The number of pyridine rings is 1. The van der Waals surface area contributed by atoms with Gasteiger partial charge in [-0.05, 0) is 43.5 Å². The molecule has 0 amide bonds. The predicted octanol–water partition coefficient (Wildman–Crippen LogP) is 2.16. The highest BCUT2D eigenvalue weighted by Crippen LogP contribution is 2.26. The van der Waals surface area contributed by atoms with E-state index in [9.17, 15) is 0 Å². The van der Waals surface area contributed by atoms with Gasteiger partial charge >= 0.3 is 0 Å². The summed E-state index contributed by atoms with van der Waals surface area (Å²) < 4.78 is 0. The van der Waals surface area contributed by atoms with Gasteiger partial charge in [-0.1, -0.05) is 17.7 Å². The third-order valence-corrected chi connectivity index (χ3v) is 3.25. The molecule has 5 heteroatoms. The quantitative estimate of drug-likeness (QED) is 0.803. The van der Waals surface area contributed by atoms with E-state index in [-0.39, 0.29) is 18.4 Å². The molecule has 0 unspecified atom stereocenters. The van der Waals surface area contributed by atoms with Gasteiger partial charge in [0, 0.05) is 12.2 Å². The Morgan fingerprint density at radius 1 is 1.38 bits per heavy atom. The third-order valence-electron chi connectivity index (χ3n) is 3.03. The maximum Gasteiger partial charge on any atom is 0.129 e. The van der Waals surface area contributed by atoms with Crippen molar-refractivity contribution in [3.63, 3.8) is 0 Å². The lowest BCUT2D eigenvalue weighted by Gasteiger charge is -2.28. The number of hydrogen-bond donors (Lipinski definition) is 2. The fourth-order valence-electron chi connectivity index (χ4n) is 2.06. The zero-order valence-electron chi connectivity index (χ0n) is 9.03. The predicted molar refractivity (Wildman–Crippen MR) is 69.0 cm³/mol. The van der Waals surface area contributed by atoms with Gasteiger partial charge in [-0.3, -0.25) is 0 Å². The van der Waals surface area contributed by atoms with Crippen LogP contribution in [0.3, 0.4) is 0 Å². The van der Waals surface area contributed by atoms with Crippen LogP contribution in [0.25, 0.3) is 0 Å². The van der Waals surface area contributed by atoms with Crippen molar-refractivity contribution >= 4 is 24.0 Å².